The number of piperidine rings is 1. The van der Waals surface area contributed by atoms with Gasteiger partial charge in [0, 0.05) is 18.7 Å². The van der Waals surface area contributed by atoms with E-state index in [1.165, 1.54) is 46.0 Å². The fourth-order valence-electron chi connectivity index (χ4n) is 3.44. The van der Waals surface area contributed by atoms with Crippen molar-refractivity contribution in [2.45, 2.75) is 24.7 Å². The fourth-order valence-corrected chi connectivity index (χ4v) is 5.87. The van der Waals surface area contributed by atoms with Crippen LogP contribution in [0.1, 0.15) is 30.1 Å². The molecule has 3 aromatic rings. The van der Waals surface area contributed by atoms with Gasteiger partial charge >= 0.3 is 0 Å². The number of anilines is 1. The molecule has 1 atom stereocenters. The van der Waals surface area contributed by atoms with Gasteiger partial charge in [-0.1, -0.05) is 24.3 Å². The summed E-state index contributed by atoms with van der Waals surface area (Å²) < 4.78 is 41.5. The third-order valence-corrected chi connectivity index (χ3v) is 7.84. The Labute approximate surface area is 177 Å². The van der Waals surface area contributed by atoms with Crippen LogP contribution in [0.3, 0.4) is 0 Å². The van der Waals surface area contributed by atoms with Crippen LogP contribution in [-0.2, 0) is 10.0 Å². The highest BCUT2D eigenvalue weighted by molar-refractivity contribution is 7.89. The van der Waals surface area contributed by atoms with Crippen LogP contribution < -0.4 is 10.9 Å². The van der Waals surface area contributed by atoms with Crippen LogP contribution in [0.2, 0.25) is 0 Å². The van der Waals surface area contributed by atoms with Crippen LogP contribution >= 0.6 is 11.3 Å². The number of hydrogen-bond donors (Lipinski definition) is 2. The maximum Gasteiger partial charge on any atom is 0.269 e. The van der Waals surface area contributed by atoms with E-state index in [1.807, 2.05) is 6.92 Å². The number of nitrogens with zero attached hydrogens (tertiary/aromatic N) is 2. The summed E-state index contributed by atoms with van der Waals surface area (Å²) in [7, 11) is -3.57. The monoisotopic (exact) mass is 448 g/mol. The van der Waals surface area contributed by atoms with Crippen LogP contribution in [0.5, 0.6) is 0 Å². The number of fused-ring (bicyclic) bond motifs is 1. The Bertz CT molecular complexity index is 1180. The molecule has 1 aliphatic rings. The van der Waals surface area contributed by atoms with Gasteiger partial charge in [0.15, 0.2) is 0 Å². The van der Waals surface area contributed by atoms with E-state index in [-0.39, 0.29) is 10.4 Å². The van der Waals surface area contributed by atoms with Crippen LogP contribution in [0, 0.1) is 11.7 Å². The summed E-state index contributed by atoms with van der Waals surface area (Å²) in [4.78, 5) is 16.7. The maximum atomic E-state index is 13.7. The van der Waals surface area contributed by atoms with Crippen molar-refractivity contribution in [3.8, 4) is 0 Å². The molecule has 0 aliphatic carbocycles. The van der Waals surface area contributed by atoms with Crippen molar-refractivity contribution >= 4 is 42.6 Å². The predicted octanol–water partition coefficient (Wildman–Crippen LogP) is 3.61. The van der Waals surface area contributed by atoms with Crippen molar-refractivity contribution < 1.29 is 17.6 Å². The minimum Gasteiger partial charge on any atom is -0.273 e. The molecule has 10 heteroatoms. The molecule has 2 heterocycles. The van der Waals surface area contributed by atoms with Gasteiger partial charge in [-0.15, -0.1) is 0 Å². The zero-order valence-corrected chi connectivity index (χ0v) is 17.9. The number of para-hydroxylation sites is 1. The summed E-state index contributed by atoms with van der Waals surface area (Å²) in [5.41, 5.74) is 5.70. The number of sulfonamides is 1. The largest absolute Gasteiger partial charge is 0.273 e. The lowest BCUT2D eigenvalue weighted by atomic mass is 10.0. The van der Waals surface area contributed by atoms with E-state index in [2.05, 4.69) is 15.8 Å². The number of nitrogens with one attached hydrogen (secondary N) is 2. The first-order valence-corrected chi connectivity index (χ1v) is 11.8. The van der Waals surface area contributed by atoms with E-state index in [4.69, 9.17) is 0 Å². The van der Waals surface area contributed by atoms with E-state index >= 15 is 0 Å². The van der Waals surface area contributed by atoms with E-state index in [0.29, 0.717) is 34.4 Å². The Morgan fingerprint density at radius 1 is 1.23 bits per heavy atom. The van der Waals surface area contributed by atoms with Crippen LogP contribution in [0.25, 0.3) is 10.2 Å². The number of carbonyl (C=O) groups excluding carboxylic acids is 1. The number of hydrogen-bond acceptors (Lipinski definition) is 6. The average molecular weight is 449 g/mol. The van der Waals surface area contributed by atoms with Crippen molar-refractivity contribution in [3.05, 3.63) is 53.8 Å². The lowest BCUT2D eigenvalue weighted by Crippen LogP contribution is -2.39. The van der Waals surface area contributed by atoms with Gasteiger partial charge in [0.05, 0.1) is 9.60 Å². The molecule has 2 N–H and O–H groups in total. The normalized spacial score (nSPS) is 17.7. The third-order valence-electron chi connectivity index (χ3n) is 5.03. The van der Waals surface area contributed by atoms with Crippen LogP contribution in [0.4, 0.5) is 9.52 Å². The molecular weight excluding hydrogens is 427 g/mol. The molecule has 158 valence electrons. The third kappa shape index (κ3) is 4.16. The first-order chi connectivity index (χ1) is 14.3. The van der Waals surface area contributed by atoms with Gasteiger partial charge in [0.1, 0.15) is 11.3 Å². The standard InChI is InChI=1S/C20H21FN4O3S2/c1-13-4-3-11-25(12-13)30(27,28)15-9-7-14(8-10-15)19(26)23-24-20-22-18-16(21)5-2-6-17(18)29-20/h2,5-10,13H,3-4,11-12H2,1H3,(H,22,24)(H,23,26). The highest BCUT2D eigenvalue weighted by atomic mass is 32.2. The molecule has 0 spiro atoms. The molecule has 1 unspecified atom stereocenters. The number of amides is 1. The van der Waals surface area contributed by atoms with E-state index in [9.17, 15) is 17.6 Å². The van der Waals surface area contributed by atoms with Gasteiger partial charge < -0.3 is 0 Å². The van der Waals surface area contributed by atoms with Gasteiger partial charge in [-0.05, 0) is 55.2 Å². The smallest absolute Gasteiger partial charge is 0.269 e. The Morgan fingerprint density at radius 2 is 2.00 bits per heavy atom. The summed E-state index contributed by atoms with van der Waals surface area (Å²) >= 11 is 1.21. The number of aromatic nitrogens is 1. The first kappa shape index (κ1) is 20.7. The lowest BCUT2D eigenvalue weighted by molar-refractivity contribution is 0.0962. The molecule has 0 saturated carbocycles. The van der Waals surface area contributed by atoms with Gasteiger partial charge in [-0.2, -0.15) is 4.31 Å². The minimum atomic E-state index is -3.57. The second kappa shape index (κ2) is 8.29. The maximum absolute atomic E-state index is 13.7. The molecule has 1 aromatic heterocycles. The molecule has 7 nitrogen and oxygen atoms in total. The Balaban J connectivity index is 1.43. The van der Waals surface area contributed by atoms with Crippen LogP contribution in [-0.4, -0.2) is 36.7 Å². The average Bonchev–Trinajstić information content (AvgIpc) is 3.17. The van der Waals surface area contributed by atoms with Crippen molar-refractivity contribution in [3.63, 3.8) is 0 Å². The number of benzene rings is 2. The van der Waals surface area contributed by atoms with Crippen molar-refractivity contribution in [1.29, 1.82) is 0 Å². The van der Waals surface area contributed by atoms with E-state index in [0.717, 1.165) is 12.8 Å². The Morgan fingerprint density at radius 3 is 2.70 bits per heavy atom. The summed E-state index contributed by atoms with van der Waals surface area (Å²) in [6, 6.07) is 10.5. The molecule has 30 heavy (non-hydrogen) atoms. The summed E-state index contributed by atoms with van der Waals surface area (Å²) in [6.45, 7) is 3.07. The summed E-state index contributed by atoms with van der Waals surface area (Å²) in [6.07, 6.45) is 1.88. The second-order valence-electron chi connectivity index (χ2n) is 7.32. The van der Waals surface area contributed by atoms with Gasteiger partial charge in [0.25, 0.3) is 5.91 Å². The SMILES string of the molecule is CC1CCCN(S(=O)(=O)c2ccc(C(=O)NNc3nc4c(F)cccc4s3)cc2)C1. The highest BCUT2D eigenvalue weighted by Gasteiger charge is 2.28. The highest BCUT2D eigenvalue weighted by Crippen LogP contribution is 2.27. The number of thiazole rings is 1. The first-order valence-electron chi connectivity index (χ1n) is 9.56. The second-order valence-corrected chi connectivity index (χ2v) is 10.3. The zero-order valence-electron chi connectivity index (χ0n) is 16.3. The molecule has 1 fully saturated rings. The lowest BCUT2D eigenvalue weighted by Gasteiger charge is -2.30. The molecule has 2 aromatic carbocycles. The molecule has 4 rings (SSSR count). The topological polar surface area (TPSA) is 91.4 Å². The van der Waals surface area contributed by atoms with Crippen molar-refractivity contribution in [2.75, 3.05) is 18.5 Å². The number of hydrazine groups is 1. The van der Waals surface area contributed by atoms with E-state index in [1.54, 1.807) is 12.1 Å². The predicted molar refractivity (Wildman–Crippen MR) is 114 cm³/mol. The summed E-state index contributed by atoms with van der Waals surface area (Å²) in [5, 5.41) is 0.349. The minimum absolute atomic E-state index is 0.169. The van der Waals surface area contributed by atoms with Gasteiger partial charge in [-0.3, -0.25) is 15.6 Å². The quantitative estimate of drug-likeness (QED) is 0.582. The molecule has 0 bridgehead atoms. The summed E-state index contributed by atoms with van der Waals surface area (Å²) in [5.74, 6) is -0.547. The van der Waals surface area contributed by atoms with E-state index < -0.39 is 21.7 Å². The van der Waals surface area contributed by atoms with Gasteiger partial charge in [0.2, 0.25) is 15.2 Å². The Hall–Kier alpha value is -2.56. The van der Waals surface area contributed by atoms with Crippen LogP contribution in [0.15, 0.2) is 47.4 Å². The van der Waals surface area contributed by atoms with Gasteiger partial charge in [-0.25, -0.2) is 17.8 Å². The zero-order chi connectivity index (χ0) is 21.3. The fraction of sp³-hybridized carbons (Fsp3) is 0.300. The number of carbonyl (C=O) groups is 1. The molecule has 1 amide bonds. The molecular formula is C20H21FN4O3S2. The van der Waals surface area contributed by atoms with Crippen molar-refractivity contribution in [2.24, 2.45) is 5.92 Å². The molecule has 1 saturated heterocycles. The molecule has 0 radical (unpaired) electrons. The number of halogens is 1. The molecule has 1 aliphatic heterocycles. The van der Waals surface area contributed by atoms with Crippen molar-refractivity contribution in [1.82, 2.24) is 14.7 Å². The number of rotatable bonds is 5. The Kier molecular flexibility index (Phi) is 5.72.